The summed E-state index contributed by atoms with van der Waals surface area (Å²) in [4.78, 5) is 14.2. The normalized spacial score (nSPS) is 15.5. The number of hydrogen-bond donors (Lipinski definition) is 0. The van der Waals surface area contributed by atoms with Gasteiger partial charge >= 0.3 is 0 Å². The third kappa shape index (κ3) is 3.72. The van der Waals surface area contributed by atoms with Gasteiger partial charge in [0.25, 0.3) is 5.91 Å². The van der Waals surface area contributed by atoms with Gasteiger partial charge in [0.15, 0.2) is 6.61 Å². The van der Waals surface area contributed by atoms with E-state index in [9.17, 15) is 4.79 Å². The second-order valence-electron chi connectivity index (χ2n) is 4.84. The molecular weight excluding hydrogens is 306 g/mol. The molecule has 1 aliphatic carbocycles. The van der Waals surface area contributed by atoms with Crippen molar-refractivity contribution in [2.24, 2.45) is 0 Å². The van der Waals surface area contributed by atoms with Crippen LogP contribution in [0.25, 0.3) is 0 Å². The van der Waals surface area contributed by atoms with Gasteiger partial charge in [-0.05, 0) is 47.8 Å². The van der Waals surface area contributed by atoms with E-state index in [1.807, 2.05) is 36.1 Å². The first-order chi connectivity index (χ1) is 9.22. The maximum atomic E-state index is 12.2. The first kappa shape index (κ1) is 14.4. The Morgan fingerprint density at radius 1 is 1.37 bits per heavy atom. The summed E-state index contributed by atoms with van der Waals surface area (Å²) in [5.74, 6) is 0.809. The Kier molecular flexibility index (Phi) is 5.25. The van der Waals surface area contributed by atoms with Gasteiger partial charge in [-0.25, -0.2) is 0 Å². The smallest absolute Gasteiger partial charge is 0.260 e. The zero-order valence-electron chi connectivity index (χ0n) is 11.3. The summed E-state index contributed by atoms with van der Waals surface area (Å²) in [5, 5.41) is 0. The van der Waals surface area contributed by atoms with Gasteiger partial charge in [-0.15, -0.1) is 0 Å². The Morgan fingerprint density at radius 2 is 2.05 bits per heavy atom. The molecule has 0 aliphatic heterocycles. The van der Waals surface area contributed by atoms with E-state index in [2.05, 4.69) is 15.9 Å². The van der Waals surface area contributed by atoms with Crippen molar-refractivity contribution < 1.29 is 9.53 Å². The van der Waals surface area contributed by atoms with Crippen LogP contribution in [-0.4, -0.2) is 30.0 Å². The van der Waals surface area contributed by atoms with Gasteiger partial charge in [0, 0.05) is 12.6 Å². The number of ether oxygens (including phenoxy) is 1. The van der Waals surface area contributed by atoms with Crippen LogP contribution >= 0.6 is 15.9 Å². The lowest BCUT2D eigenvalue weighted by Crippen LogP contribution is -2.41. The van der Waals surface area contributed by atoms with Gasteiger partial charge in [0.05, 0.1) is 4.47 Å². The van der Waals surface area contributed by atoms with Gasteiger partial charge in [-0.2, -0.15) is 0 Å². The van der Waals surface area contributed by atoms with Crippen molar-refractivity contribution in [3.05, 3.63) is 28.7 Å². The molecule has 1 aromatic carbocycles. The van der Waals surface area contributed by atoms with Crippen LogP contribution in [0.2, 0.25) is 0 Å². The summed E-state index contributed by atoms with van der Waals surface area (Å²) in [7, 11) is 0. The minimum absolute atomic E-state index is 0.0881. The minimum atomic E-state index is 0.0881. The lowest BCUT2D eigenvalue weighted by Gasteiger charge is -2.27. The largest absolute Gasteiger partial charge is 0.483 e. The van der Waals surface area contributed by atoms with Crippen LogP contribution in [0.3, 0.4) is 0 Å². The second kappa shape index (κ2) is 6.94. The van der Waals surface area contributed by atoms with E-state index in [0.29, 0.717) is 6.04 Å². The molecule has 19 heavy (non-hydrogen) atoms. The van der Waals surface area contributed by atoms with Gasteiger partial charge in [-0.3, -0.25) is 4.79 Å². The molecule has 1 aromatic rings. The number of carbonyl (C=O) groups excluding carboxylic acids is 1. The Balaban J connectivity index is 1.91. The fourth-order valence-electron chi connectivity index (χ4n) is 2.64. The highest BCUT2D eigenvalue weighted by molar-refractivity contribution is 9.10. The molecule has 0 saturated heterocycles. The molecule has 1 aliphatic rings. The summed E-state index contributed by atoms with van der Waals surface area (Å²) < 4.78 is 6.48. The van der Waals surface area contributed by atoms with Crippen molar-refractivity contribution in [3.8, 4) is 5.75 Å². The molecule has 0 atom stereocenters. The van der Waals surface area contributed by atoms with Crippen molar-refractivity contribution in [1.82, 2.24) is 4.90 Å². The molecule has 2 rings (SSSR count). The van der Waals surface area contributed by atoms with Crippen LogP contribution in [0.5, 0.6) is 5.75 Å². The molecule has 104 valence electrons. The zero-order valence-corrected chi connectivity index (χ0v) is 12.9. The predicted molar refractivity (Wildman–Crippen MR) is 79.3 cm³/mol. The molecule has 4 heteroatoms. The maximum absolute atomic E-state index is 12.2. The first-order valence-corrected chi connectivity index (χ1v) is 7.68. The number of rotatable bonds is 5. The molecular formula is C15H20BrNO2. The summed E-state index contributed by atoms with van der Waals surface area (Å²) in [6.45, 7) is 2.92. The molecule has 0 aromatic heterocycles. The molecule has 0 radical (unpaired) electrons. The van der Waals surface area contributed by atoms with E-state index in [0.717, 1.165) is 29.6 Å². The van der Waals surface area contributed by atoms with E-state index in [1.165, 1.54) is 12.8 Å². The van der Waals surface area contributed by atoms with Crippen LogP contribution in [-0.2, 0) is 4.79 Å². The van der Waals surface area contributed by atoms with Gasteiger partial charge in [0.2, 0.25) is 0 Å². The van der Waals surface area contributed by atoms with Crippen molar-refractivity contribution in [1.29, 1.82) is 0 Å². The number of amides is 1. The molecule has 0 N–H and O–H groups in total. The van der Waals surface area contributed by atoms with Crippen molar-refractivity contribution in [3.63, 3.8) is 0 Å². The fourth-order valence-corrected chi connectivity index (χ4v) is 3.04. The maximum Gasteiger partial charge on any atom is 0.260 e. The van der Waals surface area contributed by atoms with Gasteiger partial charge in [0.1, 0.15) is 5.75 Å². The van der Waals surface area contributed by atoms with Crippen LogP contribution in [0.15, 0.2) is 28.7 Å². The minimum Gasteiger partial charge on any atom is -0.483 e. The highest BCUT2D eigenvalue weighted by Crippen LogP contribution is 2.25. The van der Waals surface area contributed by atoms with E-state index >= 15 is 0 Å². The summed E-state index contributed by atoms with van der Waals surface area (Å²) >= 11 is 3.42. The van der Waals surface area contributed by atoms with Crippen LogP contribution in [0.1, 0.15) is 32.6 Å². The first-order valence-electron chi connectivity index (χ1n) is 6.89. The van der Waals surface area contributed by atoms with Crippen molar-refractivity contribution >= 4 is 21.8 Å². The Labute approximate surface area is 123 Å². The highest BCUT2D eigenvalue weighted by atomic mass is 79.9. The molecule has 1 amide bonds. The number of likely N-dealkylation sites (N-methyl/N-ethyl adjacent to an activating group) is 1. The average molecular weight is 326 g/mol. The summed E-state index contributed by atoms with van der Waals surface area (Å²) in [5.41, 5.74) is 0. The number of hydrogen-bond acceptors (Lipinski definition) is 2. The third-order valence-electron chi connectivity index (χ3n) is 3.61. The number of nitrogens with zero attached hydrogens (tertiary/aromatic N) is 1. The highest BCUT2D eigenvalue weighted by Gasteiger charge is 2.25. The lowest BCUT2D eigenvalue weighted by molar-refractivity contribution is -0.135. The van der Waals surface area contributed by atoms with E-state index < -0.39 is 0 Å². The van der Waals surface area contributed by atoms with Crippen LogP contribution in [0, 0.1) is 0 Å². The molecule has 1 saturated carbocycles. The lowest BCUT2D eigenvalue weighted by atomic mass is 10.2. The van der Waals surface area contributed by atoms with E-state index in [-0.39, 0.29) is 12.5 Å². The predicted octanol–water partition coefficient (Wildman–Crippen LogP) is 3.62. The van der Waals surface area contributed by atoms with Crippen LogP contribution in [0.4, 0.5) is 0 Å². The molecule has 1 fully saturated rings. The Bertz CT molecular complexity index is 430. The summed E-state index contributed by atoms with van der Waals surface area (Å²) in [6.07, 6.45) is 4.74. The number of benzene rings is 1. The third-order valence-corrected chi connectivity index (χ3v) is 4.27. The summed E-state index contributed by atoms with van der Waals surface area (Å²) in [6, 6.07) is 8.02. The average Bonchev–Trinajstić information content (AvgIpc) is 2.92. The molecule has 0 unspecified atom stereocenters. The number of halogens is 1. The van der Waals surface area contributed by atoms with E-state index in [4.69, 9.17) is 4.74 Å². The quantitative estimate of drug-likeness (QED) is 0.827. The van der Waals surface area contributed by atoms with Gasteiger partial charge in [-0.1, -0.05) is 25.0 Å². The fraction of sp³-hybridized carbons (Fsp3) is 0.533. The Morgan fingerprint density at radius 3 is 2.68 bits per heavy atom. The van der Waals surface area contributed by atoms with Gasteiger partial charge < -0.3 is 9.64 Å². The molecule has 0 spiro atoms. The van der Waals surface area contributed by atoms with Crippen molar-refractivity contribution in [2.45, 2.75) is 38.6 Å². The number of carbonyl (C=O) groups is 1. The zero-order chi connectivity index (χ0) is 13.7. The SMILES string of the molecule is CCN(C(=O)COc1ccccc1Br)C1CCCC1. The van der Waals surface area contributed by atoms with E-state index in [1.54, 1.807) is 0 Å². The molecule has 3 nitrogen and oxygen atoms in total. The Hall–Kier alpha value is -1.03. The topological polar surface area (TPSA) is 29.5 Å². The van der Waals surface area contributed by atoms with Crippen LogP contribution < -0.4 is 4.74 Å². The second-order valence-corrected chi connectivity index (χ2v) is 5.69. The standard InChI is InChI=1S/C15H20BrNO2/c1-2-17(12-7-3-4-8-12)15(18)11-19-14-10-6-5-9-13(14)16/h5-6,9-10,12H,2-4,7-8,11H2,1H3. The molecule has 0 heterocycles. The number of para-hydroxylation sites is 1. The van der Waals surface area contributed by atoms with Crippen molar-refractivity contribution in [2.75, 3.05) is 13.2 Å². The molecule has 0 bridgehead atoms. The monoisotopic (exact) mass is 325 g/mol.